The molecule has 0 radical (unpaired) electrons. The molecule has 5 nitrogen and oxygen atoms in total. The molecule has 2 aromatic rings. The number of hydrogen-bond acceptors (Lipinski definition) is 5. The van der Waals surface area contributed by atoms with E-state index in [9.17, 15) is 13.2 Å². The van der Waals surface area contributed by atoms with Gasteiger partial charge in [-0.1, -0.05) is 12.1 Å². The van der Waals surface area contributed by atoms with Gasteiger partial charge in [0.05, 0.1) is 18.5 Å². The van der Waals surface area contributed by atoms with Crippen molar-refractivity contribution in [1.29, 1.82) is 0 Å². The molecule has 130 valence electrons. The molecule has 0 aliphatic heterocycles. The molecule has 1 N–H and O–H groups in total. The second-order valence-electron chi connectivity index (χ2n) is 4.99. The molecular weight excluding hydrogens is 323 g/mol. The number of hydrogen-bond donors (Lipinski definition) is 1. The van der Waals surface area contributed by atoms with Crippen LogP contribution >= 0.6 is 0 Å². The Hall–Kier alpha value is -2.35. The quantitative estimate of drug-likeness (QED) is 0.815. The van der Waals surface area contributed by atoms with Crippen molar-refractivity contribution >= 4 is 11.6 Å². The molecule has 0 aliphatic rings. The summed E-state index contributed by atoms with van der Waals surface area (Å²) in [5.41, 5.74) is 1.80. The highest BCUT2D eigenvalue weighted by molar-refractivity contribution is 5.53. The smallest absolute Gasteiger partial charge is 0.422 e. The molecule has 8 heteroatoms. The number of nitrogens with one attached hydrogen (secondary N) is 1. The Morgan fingerprint density at radius 3 is 2.29 bits per heavy atom. The molecule has 1 aromatic carbocycles. The van der Waals surface area contributed by atoms with Crippen molar-refractivity contribution in [2.75, 3.05) is 18.5 Å². The van der Waals surface area contributed by atoms with Crippen LogP contribution < -0.4 is 10.1 Å². The summed E-state index contributed by atoms with van der Waals surface area (Å²) in [6.07, 6.45) is -2.01. The zero-order valence-corrected chi connectivity index (χ0v) is 13.3. The molecule has 1 heterocycles. The molecule has 0 bridgehead atoms. The van der Waals surface area contributed by atoms with Gasteiger partial charge in [-0.05, 0) is 31.5 Å². The molecule has 0 spiro atoms. The van der Waals surface area contributed by atoms with Crippen LogP contribution in [0.25, 0.3) is 0 Å². The van der Waals surface area contributed by atoms with Crippen molar-refractivity contribution in [2.24, 2.45) is 0 Å². The Balaban J connectivity index is 1.93. The van der Waals surface area contributed by atoms with E-state index in [4.69, 9.17) is 4.74 Å². The largest absolute Gasteiger partial charge is 0.481 e. The first-order valence-electron chi connectivity index (χ1n) is 7.37. The van der Waals surface area contributed by atoms with Gasteiger partial charge in [-0.15, -0.1) is 0 Å². The van der Waals surface area contributed by atoms with Gasteiger partial charge in [0.1, 0.15) is 0 Å². The molecule has 0 fully saturated rings. The average molecular weight is 341 g/mol. The first kappa shape index (κ1) is 18.0. The molecule has 0 saturated heterocycles. The Morgan fingerprint density at radius 1 is 1.12 bits per heavy atom. The Labute approximate surface area is 137 Å². The molecule has 0 amide bonds. The number of ether oxygens (including phenoxy) is 2. The Kier molecular flexibility index (Phi) is 5.97. The summed E-state index contributed by atoms with van der Waals surface area (Å²) >= 11 is 0. The van der Waals surface area contributed by atoms with Crippen molar-refractivity contribution in [2.45, 2.75) is 26.1 Å². The Morgan fingerprint density at radius 2 is 1.75 bits per heavy atom. The van der Waals surface area contributed by atoms with Crippen molar-refractivity contribution in [3.8, 4) is 5.75 Å². The zero-order valence-electron chi connectivity index (χ0n) is 13.3. The third-order valence-electron chi connectivity index (χ3n) is 3.08. The number of benzene rings is 1. The summed E-state index contributed by atoms with van der Waals surface area (Å²) in [6.45, 7) is 3.17. The summed E-state index contributed by atoms with van der Waals surface area (Å²) in [5, 5.41) is 2.96. The number of nitrogens with zero attached hydrogens (tertiary/aromatic N) is 2. The van der Waals surface area contributed by atoms with Gasteiger partial charge in [0, 0.05) is 12.3 Å². The maximum absolute atomic E-state index is 12.1. The van der Waals surface area contributed by atoms with Crippen LogP contribution in [0.2, 0.25) is 0 Å². The first-order chi connectivity index (χ1) is 11.4. The SMILES string of the molecule is CCOC(C)c1ccc(Nc2ncc(OCC(F)(F)F)cn2)cc1. The van der Waals surface area contributed by atoms with E-state index in [1.807, 2.05) is 38.1 Å². The van der Waals surface area contributed by atoms with Gasteiger partial charge in [-0.2, -0.15) is 13.2 Å². The van der Waals surface area contributed by atoms with Crippen LogP contribution in [0.4, 0.5) is 24.8 Å². The van der Waals surface area contributed by atoms with Gasteiger partial charge >= 0.3 is 6.18 Å². The summed E-state index contributed by atoms with van der Waals surface area (Å²) < 4.78 is 46.2. The van der Waals surface area contributed by atoms with E-state index in [1.54, 1.807) is 0 Å². The van der Waals surface area contributed by atoms with Crippen LogP contribution in [0, 0.1) is 0 Å². The maximum atomic E-state index is 12.1. The molecule has 1 aromatic heterocycles. The third-order valence-corrected chi connectivity index (χ3v) is 3.08. The van der Waals surface area contributed by atoms with E-state index in [2.05, 4.69) is 20.0 Å². The van der Waals surface area contributed by atoms with Gasteiger partial charge in [0.15, 0.2) is 12.4 Å². The Bertz CT molecular complexity index is 631. The molecule has 1 atom stereocenters. The standard InChI is InChI=1S/C16H18F3N3O2/c1-3-23-11(2)12-4-6-13(7-5-12)22-15-20-8-14(9-21-15)24-10-16(17,18)19/h4-9,11H,3,10H2,1-2H3,(H,20,21,22). The van der Waals surface area contributed by atoms with E-state index in [0.29, 0.717) is 6.61 Å². The number of alkyl halides is 3. The lowest BCUT2D eigenvalue weighted by Gasteiger charge is -2.13. The summed E-state index contributed by atoms with van der Waals surface area (Å²) in [6, 6.07) is 7.54. The molecule has 2 rings (SSSR count). The maximum Gasteiger partial charge on any atom is 0.422 e. The van der Waals surface area contributed by atoms with Crippen LogP contribution in [-0.4, -0.2) is 29.4 Å². The summed E-state index contributed by atoms with van der Waals surface area (Å²) in [5.74, 6) is 0.221. The number of halogens is 3. The van der Waals surface area contributed by atoms with Gasteiger partial charge < -0.3 is 14.8 Å². The minimum absolute atomic E-state index is 0.00497. The normalized spacial score (nSPS) is 12.7. The zero-order chi connectivity index (χ0) is 17.6. The fourth-order valence-corrected chi connectivity index (χ4v) is 1.93. The van der Waals surface area contributed by atoms with Crippen LogP contribution in [0.15, 0.2) is 36.7 Å². The van der Waals surface area contributed by atoms with Crippen LogP contribution in [0.5, 0.6) is 5.75 Å². The van der Waals surface area contributed by atoms with E-state index in [-0.39, 0.29) is 17.8 Å². The molecule has 0 aliphatic carbocycles. The summed E-state index contributed by atoms with van der Waals surface area (Å²) in [7, 11) is 0. The van der Waals surface area contributed by atoms with E-state index >= 15 is 0 Å². The van der Waals surface area contributed by atoms with Gasteiger partial charge in [-0.3, -0.25) is 0 Å². The van der Waals surface area contributed by atoms with Gasteiger partial charge in [-0.25, -0.2) is 9.97 Å². The van der Waals surface area contributed by atoms with E-state index in [0.717, 1.165) is 11.3 Å². The molecular formula is C16H18F3N3O2. The van der Waals surface area contributed by atoms with Crippen molar-refractivity contribution in [1.82, 2.24) is 9.97 Å². The van der Waals surface area contributed by atoms with E-state index < -0.39 is 12.8 Å². The second-order valence-corrected chi connectivity index (χ2v) is 4.99. The van der Waals surface area contributed by atoms with Crippen LogP contribution in [-0.2, 0) is 4.74 Å². The topological polar surface area (TPSA) is 56.3 Å². The number of anilines is 2. The monoisotopic (exact) mass is 341 g/mol. The highest BCUT2D eigenvalue weighted by Gasteiger charge is 2.28. The minimum atomic E-state index is -4.39. The third kappa shape index (κ3) is 5.69. The van der Waals surface area contributed by atoms with E-state index in [1.165, 1.54) is 12.4 Å². The molecule has 1 unspecified atom stereocenters. The van der Waals surface area contributed by atoms with Crippen molar-refractivity contribution in [3.05, 3.63) is 42.2 Å². The lowest BCUT2D eigenvalue weighted by molar-refractivity contribution is -0.153. The fourth-order valence-electron chi connectivity index (χ4n) is 1.93. The second kappa shape index (κ2) is 7.96. The minimum Gasteiger partial charge on any atom is -0.481 e. The van der Waals surface area contributed by atoms with Crippen molar-refractivity contribution in [3.63, 3.8) is 0 Å². The molecule has 24 heavy (non-hydrogen) atoms. The number of rotatable bonds is 7. The van der Waals surface area contributed by atoms with Crippen LogP contribution in [0.1, 0.15) is 25.5 Å². The fraction of sp³-hybridized carbons (Fsp3) is 0.375. The van der Waals surface area contributed by atoms with Gasteiger partial charge in [0.2, 0.25) is 5.95 Å². The summed E-state index contributed by atoms with van der Waals surface area (Å²) in [4.78, 5) is 7.84. The van der Waals surface area contributed by atoms with Crippen molar-refractivity contribution < 1.29 is 22.6 Å². The first-order valence-corrected chi connectivity index (χ1v) is 7.37. The van der Waals surface area contributed by atoms with Crippen LogP contribution in [0.3, 0.4) is 0 Å². The number of aromatic nitrogens is 2. The molecule has 0 saturated carbocycles. The average Bonchev–Trinajstić information content (AvgIpc) is 2.54. The predicted octanol–water partition coefficient (Wildman–Crippen LogP) is 4.26. The lowest BCUT2D eigenvalue weighted by atomic mass is 10.1. The highest BCUT2D eigenvalue weighted by atomic mass is 19.4. The lowest BCUT2D eigenvalue weighted by Crippen LogP contribution is -2.19. The highest BCUT2D eigenvalue weighted by Crippen LogP contribution is 2.21. The van der Waals surface area contributed by atoms with Gasteiger partial charge in [0.25, 0.3) is 0 Å². The predicted molar refractivity (Wildman–Crippen MR) is 83.3 cm³/mol.